The molecule has 0 aliphatic carbocycles. The first-order chi connectivity index (χ1) is 9.51. The minimum absolute atomic E-state index is 0.289. The number of hydrogen-bond donors (Lipinski definition) is 3. The van der Waals surface area contributed by atoms with Crippen molar-refractivity contribution in [2.45, 2.75) is 0 Å². The molecule has 6 heteroatoms. The molecule has 0 aliphatic heterocycles. The van der Waals surface area contributed by atoms with E-state index >= 15 is 0 Å². The fraction of sp³-hybridized carbons (Fsp3) is 0.0714. The van der Waals surface area contributed by atoms with Crippen LogP contribution in [0.1, 0.15) is 10.4 Å². The Morgan fingerprint density at radius 2 is 2.05 bits per heavy atom. The number of nitrogens with two attached hydrogens (primary N) is 2. The van der Waals surface area contributed by atoms with Gasteiger partial charge < -0.3 is 21.5 Å². The number of nitrogens with one attached hydrogen (secondary N) is 1. The number of carbonyl (C=O) groups is 1. The van der Waals surface area contributed by atoms with E-state index in [1.807, 2.05) is 18.2 Å². The van der Waals surface area contributed by atoms with Crippen LogP contribution in [0.25, 0.3) is 0 Å². The second-order valence-corrected chi connectivity index (χ2v) is 5.05. The zero-order valence-electron chi connectivity index (χ0n) is 10.8. The van der Waals surface area contributed by atoms with Crippen LogP contribution in [0.2, 0.25) is 0 Å². The van der Waals surface area contributed by atoms with Crippen molar-refractivity contribution in [2.24, 2.45) is 5.73 Å². The molecule has 0 aliphatic rings. The number of amides is 1. The number of para-hydroxylation sites is 1. The average Bonchev–Trinajstić information content (AvgIpc) is 2.40. The standard InChI is InChI=1S/C14H14BrN3O2/c1-20-10-6-8(15)5-9(7-10)18-12-4-2-3-11(13(12)16)14(17)19/h2-7,18H,16H2,1H3,(H2,17,19). The van der Waals surface area contributed by atoms with Gasteiger partial charge in [-0.3, -0.25) is 4.79 Å². The molecular formula is C14H14BrN3O2. The van der Waals surface area contributed by atoms with E-state index < -0.39 is 5.91 Å². The number of anilines is 3. The van der Waals surface area contributed by atoms with Crippen LogP contribution >= 0.6 is 15.9 Å². The van der Waals surface area contributed by atoms with Gasteiger partial charge >= 0.3 is 0 Å². The van der Waals surface area contributed by atoms with E-state index in [4.69, 9.17) is 16.2 Å². The van der Waals surface area contributed by atoms with Crippen molar-refractivity contribution in [1.29, 1.82) is 0 Å². The lowest BCUT2D eigenvalue weighted by Gasteiger charge is -2.13. The van der Waals surface area contributed by atoms with Gasteiger partial charge in [0.25, 0.3) is 5.91 Å². The maximum atomic E-state index is 11.3. The molecule has 0 heterocycles. The summed E-state index contributed by atoms with van der Waals surface area (Å²) in [5.41, 5.74) is 13.2. The highest BCUT2D eigenvalue weighted by Crippen LogP contribution is 2.30. The van der Waals surface area contributed by atoms with Gasteiger partial charge in [-0.25, -0.2) is 0 Å². The Morgan fingerprint density at radius 3 is 2.70 bits per heavy atom. The first-order valence-corrected chi connectivity index (χ1v) is 6.60. The van der Waals surface area contributed by atoms with Crippen LogP contribution in [-0.2, 0) is 0 Å². The predicted octanol–water partition coefficient (Wildman–Crippen LogP) is 2.88. The Labute approximate surface area is 125 Å². The summed E-state index contributed by atoms with van der Waals surface area (Å²) in [7, 11) is 1.59. The van der Waals surface area contributed by atoms with E-state index in [1.54, 1.807) is 25.3 Å². The van der Waals surface area contributed by atoms with Gasteiger partial charge in [-0.1, -0.05) is 22.0 Å². The molecule has 5 N–H and O–H groups in total. The smallest absolute Gasteiger partial charge is 0.250 e. The maximum Gasteiger partial charge on any atom is 0.250 e. The van der Waals surface area contributed by atoms with Gasteiger partial charge in [-0.15, -0.1) is 0 Å². The third-order valence-corrected chi connectivity index (χ3v) is 3.22. The highest BCUT2D eigenvalue weighted by Gasteiger charge is 2.10. The molecule has 2 aromatic carbocycles. The Hall–Kier alpha value is -2.21. The topological polar surface area (TPSA) is 90.4 Å². The fourth-order valence-electron chi connectivity index (χ4n) is 1.80. The third kappa shape index (κ3) is 3.03. The van der Waals surface area contributed by atoms with Crippen LogP contribution in [0.15, 0.2) is 40.9 Å². The molecule has 2 rings (SSSR count). The Balaban J connectivity index is 2.37. The number of halogens is 1. The highest BCUT2D eigenvalue weighted by molar-refractivity contribution is 9.10. The van der Waals surface area contributed by atoms with Crippen molar-refractivity contribution in [1.82, 2.24) is 0 Å². The van der Waals surface area contributed by atoms with Crippen molar-refractivity contribution in [3.05, 3.63) is 46.4 Å². The minimum atomic E-state index is -0.557. The molecule has 0 aromatic heterocycles. The van der Waals surface area contributed by atoms with E-state index in [2.05, 4.69) is 21.2 Å². The number of rotatable bonds is 4. The van der Waals surface area contributed by atoms with Crippen LogP contribution in [0.5, 0.6) is 5.75 Å². The summed E-state index contributed by atoms with van der Waals surface area (Å²) in [6, 6.07) is 10.6. The summed E-state index contributed by atoms with van der Waals surface area (Å²) in [4.78, 5) is 11.3. The van der Waals surface area contributed by atoms with Crippen LogP contribution in [-0.4, -0.2) is 13.0 Å². The van der Waals surface area contributed by atoms with Crippen LogP contribution < -0.4 is 21.5 Å². The first kappa shape index (κ1) is 14.2. The minimum Gasteiger partial charge on any atom is -0.497 e. The molecule has 0 saturated carbocycles. The summed E-state index contributed by atoms with van der Waals surface area (Å²) in [6.45, 7) is 0. The molecule has 0 saturated heterocycles. The number of primary amides is 1. The van der Waals surface area contributed by atoms with E-state index in [-0.39, 0.29) is 5.56 Å². The molecular weight excluding hydrogens is 322 g/mol. The number of benzene rings is 2. The van der Waals surface area contributed by atoms with Crippen molar-refractivity contribution in [3.63, 3.8) is 0 Å². The van der Waals surface area contributed by atoms with E-state index in [0.717, 1.165) is 10.2 Å². The number of nitrogen functional groups attached to an aromatic ring is 1. The zero-order valence-corrected chi connectivity index (χ0v) is 12.4. The molecule has 5 nitrogen and oxygen atoms in total. The SMILES string of the molecule is COc1cc(Br)cc(Nc2cccc(C(N)=O)c2N)c1. The Bertz CT molecular complexity index is 659. The second kappa shape index (κ2) is 5.83. The van der Waals surface area contributed by atoms with Crippen molar-refractivity contribution in [3.8, 4) is 5.75 Å². The number of hydrogen-bond acceptors (Lipinski definition) is 4. The summed E-state index contributed by atoms with van der Waals surface area (Å²) in [5, 5.41) is 3.14. The van der Waals surface area contributed by atoms with Gasteiger partial charge in [-0.05, 0) is 24.3 Å². The fourth-order valence-corrected chi connectivity index (χ4v) is 2.27. The van der Waals surface area contributed by atoms with Gasteiger partial charge in [0.2, 0.25) is 0 Å². The molecule has 0 atom stereocenters. The van der Waals surface area contributed by atoms with Gasteiger partial charge in [0, 0.05) is 16.2 Å². The number of methoxy groups -OCH3 is 1. The van der Waals surface area contributed by atoms with Crippen LogP contribution in [0, 0.1) is 0 Å². The van der Waals surface area contributed by atoms with Gasteiger partial charge in [0.15, 0.2) is 0 Å². The molecule has 0 fully saturated rings. The summed E-state index contributed by atoms with van der Waals surface area (Å²) < 4.78 is 6.06. The molecule has 0 bridgehead atoms. The zero-order chi connectivity index (χ0) is 14.7. The quantitative estimate of drug-likeness (QED) is 0.749. The molecule has 0 unspecified atom stereocenters. The largest absolute Gasteiger partial charge is 0.497 e. The molecule has 0 radical (unpaired) electrons. The lowest BCUT2D eigenvalue weighted by molar-refractivity contribution is 0.100. The van der Waals surface area contributed by atoms with Crippen molar-refractivity contribution in [2.75, 3.05) is 18.2 Å². The lowest BCUT2D eigenvalue weighted by Crippen LogP contribution is -2.14. The average molecular weight is 336 g/mol. The second-order valence-electron chi connectivity index (χ2n) is 4.14. The maximum absolute atomic E-state index is 11.3. The summed E-state index contributed by atoms with van der Waals surface area (Å²) in [6.07, 6.45) is 0. The monoisotopic (exact) mass is 335 g/mol. The van der Waals surface area contributed by atoms with Crippen molar-refractivity contribution >= 4 is 38.9 Å². The Kier molecular flexibility index (Phi) is 4.14. The lowest BCUT2D eigenvalue weighted by atomic mass is 10.1. The third-order valence-electron chi connectivity index (χ3n) is 2.76. The molecule has 2 aromatic rings. The van der Waals surface area contributed by atoms with Crippen molar-refractivity contribution < 1.29 is 9.53 Å². The molecule has 0 spiro atoms. The predicted molar refractivity (Wildman–Crippen MR) is 83.3 cm³/mol. The van der Waals surface area contributed by atoms with Gasteiger partial charge in [0.05, 0.1) is 24.0 Å². The van der Waals surface area contributed by atoms with Gasteiger partial charge in [-0.2, -0.15) is 0 Å². The Morgan fingerprint density at radius 1 is 1.30 bits per heavy atom. The van der Waals surface area contributed by atoms with E-state index in [9.17, 15) is 4.79 Å². The highest BCUT2D eigenvalue weighted by atomic mass is 79.9. The summed E-state index contributed by atoms with van der Waals surface area (Å²) >= 11 is 3.40. The molecule has 20 heavy (non-hydrogen) atoms. The van der Waals surface area contributed by atoms with Gasteiger partial charge in [0.1, 0.15) is 5.75 Å². The van der Waals surface area contributed by atoms with E-state index in [1.165, 1.54) is 0 Å². The first-order valence-electron chi connectivity index (χ1n) is 5.81. The molecule has 1 amide bonds. The van der Waals surface area contributed by atoms with Crippen LogP contribution in [0.3, 0.4) is 0 Å². The van der Waals surface area contributed by atoms with E-state index in [0.29, 0.717) is 17.1 Å². The summed E-state index contributed by atoms with van der Waals surface area (Å²) in [5.74, 6) is 0.143. The molecule has 104 valence electrons. The normalized spacial score (nSPS) is 10.1. The number of carbonyl (C=O) groups excluding carboxylic acids is 1. The van der Waals surface area contributed by atoms with Crippen LogP contribution in [0.4, 0.5) is 17.1 Å². The number of ether oxygens (including phenoxy) is 1.